The average Bonchev–Trinajstić information content (AvgIpc) is 2.77. The third kappa shape index (κ3) is 7.00. The van der Waals surface area contributed by atoms with Gasteiger partial charge in [-0.05, 0) is 22.3 Å². The molecule has 1 aliphatic rings. The van der Waals surface area contributed by atoms with E-state index in [1.807, 2.05) is 0 Å². The summed E-state index contributed by atoms with van der Waals surface area (Å²) in [6.45, 7) is 6.68. The Bertz CT molecular complexity index is 872. The molecule has 0 spiro atoms. The Balaban J connectivity index is 0.00000160. The van der Waals surface area contributed by atoms with Crippen molar-refractivity contribution < 1.29 is 0 Å². The van der Waals surface area contributed by atoms with E-state index in [9.17, 15) is 0 Å². The maximum absolute atomic E-state index is 2.55. The smallest absolute Gasteiger partial charge is 0.0234 e. The zero-order chi connectivity index (χ0) is 19.0. The molecular weight excluding hydrogens is 411 g/mol. The first-order valence-corrected chi connectivity index (χ1v) is 10.2. The molecule has 1 fully saturated rings. The maximum Gasteiger partial charge on any atom is 0.0234 e. The monoisotopic (exact) mass is 440 g/mol. The third-order valence-electron chi connectivity index (χ3n) is 5.41. The first-order valence-electron chi connectivity index (χ1n) is 10.2. The van der Waals surface area contributed by atoms with Crippen molar-refractivity contribution in [1.29, 1.82) is 0 Å². The van der Waals surface area contributed by atoms with Gasteiger partial charge in [-0.15, -0.1) is 24.8 Å². The van der Waals surface area contributed by atoms with Crippen LogP contribution in [0, 0.1) is 0 Å². The highest BCUT2D eigenvalue weighted by Crippen LogP contribution is 2.19. The van der Waals surface area contributed by atoms with Gasteiger partial charge >= 0.3 is 0 Å². The van der Waals surface area contributed by atoms with Gasteiger partial charge in [0.2, 0.25) is 0 Å². The molecule has 4 heteroatoms. The molecule has 0 saturated carbocycles. The first kappa shape index (κ1) is 24.2. The van der Waals surface area contributed by atoms with Crippen LogP contribution in [-0.4, -0.2) is 42.5 Å². The molecule has 0 aromatic heterocycles. The van der Waals surface area contributed by atoms with Crippen molar-refractivity contribution in [3.63, 3.8) is 0 Å². The van der Waals surface area contributed by atoms with Gasteiger partial charge in [0.1, 0.15) is 0 Å². The van der Waals surface area contributed by atoms with Crippen LogP contribution < -0.4 is 0 Å². The molecule has 4 rings (SSSR count). The molecule has 0 atom stereocenters. The molecule has 0 N–H and O–H groups in total. The minimum absolute atomic E-state index is 0. The highest BCUT2D eigenvalue weighted by Gasteiger charge is 2.15. The van der Waals surface area contributed by atoms with Gasteiger partial charge in [0.25, 0.3) is 0 Å². The minimum Gasteiger partial charge on any atom is -0.297 e. The second kappa shape index (κ2) is 12.6. The van der Waals surface area contributed by atoms with Gasteiger partial charge in [0.05, 0.1) is 0 Å². The summed E-state index contributed by atoms with van der Waals surface area (Å²) in [4.78, 5) is 5.09. The number of hydrogen-bond acceptors (Lipinski definition) is 2. The van der Waals surface area contributed by atoms with E-state index in [1.54, 1.807) is 0 Å². The van der Waals surface area contributed by atoms with E-state index in [-0.39, 0.29) is 24.8 Å². The number of benzene rings is 3. The van der Waals surface area contributed by atoms with E-state index in [1.165, 1.54) is 22.3 Å². The summed E-state index contributed by atoms with van der Waals surface area (Å²) in [7, 11) is 0. The van der Waals surface area contributed by atoms with E-state index < -0.39 is 0 Å². The van der Waals surface area contributed by atoms with Crippen LogP contribution in [-0.2, 0) is 6.54 Å². The van der Waals surface area contributed by atoms with Gasteiger partial charge in [-0.25, -0.2) is 0 Å². The van der Waals surface area contributed by atoms with Crippen molar-refractivity contribution in [2.45, 2.75) is 6.54 Å². The Kier molecular flexibility index (Phi) is 10.1. The predicted octanol–water partition coefficient (Wildman–Crippen LogP) is 6.03. The molecule has 158 valence electrons. The van der Waals surface area contributed by atoms with Crippen LogP contribution in [0.1, 0.15) is 11.1 Å². The van der Waals surface area contributed by atoms with Crippen LogP contribution in [0.15, 0.2) is 91.0 Å². The molecule has 0 amide bonds. The molecular formula is C26H30Cl2N2. The molecule has 1 saturated heterocycles. The quantitative estimate of drug-likeness (QED) is 0.461. The van der Waals surface area contributed by atoms with Crippen molar-refractivity contribution in [1.82, 2.24) is 9.80 Å². The SMILES string of the molecule is C(=C/c1ccc(-c2ccccc2)cc1)/CN1CCN(Cc2ccccc2)CC1.Cl.Cl. The summed E-state index contributed by atoms with van der Waals surface area (Å²) < 4.78 is 0. The van der Waals surface area contributed by atoms with Gasteiger partial charge in [0, 0.05) is 39.3 Å². The van der Waals surface area contributed by atoms with Gasteiger partial charge < -0.3 is 0 Å². The number of halogens is 2. The molecule has 0 bridgehead atoms. The second-order valence-corrected chi connectivity index (χ2v) is 7.45. The lowest BCUT2D eigenvalue weighted by Gasteiger charge is -2.34. The van der Waals surface area contributed by atoms with E-state index in [0.29, 0.717) is 0 Å². The maximum atomic E-state index is 2.55. The topological polar surface area (TPSA) is 6.48 Å². The summed E-state index contributed by atoms with van der Waals surface area (Å²) in [6.07, 6.45) is 4.54. The summed E-state index contributed by atoms with van der Waals surface area (Å²) in [6, 6.07) is 30.1. The summed E-state index contributed by atoms with van der Waals surface area (Å²) >= 11 is 0. The average molecular weight is 441 g/mol. The first-order chi connectivity index (χ1) is 13.9. The molecule has 30 heavy (non-hydrogen) atoms. The molecule has 1 heterocycles. The van der Waals surface area contributed by atoms with Crippen LogP contribution in [0.3, 0.4) is 0 Å². The molecule has 0 unspecified atom stereocenters. The summed E-state index contributed by atoms with van der Waals surface area (Å²) in [5.41, 5.74) is 5.22. The summed E-state index contributed by atoms with van der Waals surface area (Å²) in [5.74, 6) is 0. The Hall–Kier alpha value is -2.10. The van der Waals surface area contributed by atoms with Gasteiger partial charge in [-0.3, -0.25) is 9.80 Å². The fourth-order valence-corrected chi connectivity index (χ4v) is 3.73. The van der Waals surface area contributed by atoms with Crippen molar-refractivity contribution in [3.8, 4) is 11.1 Å². The van der Waals surface area contributed by atoms with Crippen LogP contribution in [0.25, 0.3) is 17.2 Å². The highest BCUT2D eigenvalue weighted by atomic mass is 35.5. The zero-order valence-electron chi connectivity index (χ0n) is 17.2. The number of nitrogens with zero attached hydrogens (tertiary/aromatic N) is 2. The van der Waals surface area contributed by atoms with Crippen molar-refractivity contribution in [2.75, 3.05) is 32.7 Å². The number of hydrogen-bond donors (Lipinski definition) is 0. The highest BCUT2D eigenvalue weighted by molar-refractivity contribution is 5.85. The normalized spacial score (nSPS) is 14.8. The van der Waals surface area contributed by atoms with Crippen LogP contribution in [0.5, 0.6) is 0 Å². The lowest BCUT2D eigenvalue weighted by Crippen LogP contribution is -2.45. The molecule has 0 radical (unpaired) electrons. The van der Waals surface area contributed by atoms with Crippen molar-refractivity contribution >= 4 is 30.9 Å². The van der Waals surface area contributed by atoms with E-state index in [2.05, 4.69) is 107 Å². The number of piperazine rings is 1. The van der Waals surface area contributed by atoms with Crippen molar-refractivity contribution in [3.05, 3.63) is 102 Å². The number of rotatable bonds is 6. The fourth-order valence-electron chi connectivity index (χ4n) is 3.73. The van der Waals surface area contributed by atoms with Gasteiger partial charge in [0.15, 0.2) is 0 Å². The standard InChI is InChI=1S/C26H28N2.2ClH/c1-3-8-24(9-4-1)22-28-20-18-27(19-21-28)17-7-10-23-13-15-26(16-14-23)25-11-5-2-6-12-25;;/h1-16H,17-22H2;2*1H/b10-7-;;. The zero-order valence-corrected chi connectivity index (χ0v) is 18.8. The largest absolute Gasteiger partial charge is 0.297 e. The van der Waals surface area contributed by atoms with Crippen LogP contribution >= 0.6 is 24.8 Å². The van der Waals surface area contributed by atoms with Gasteiger partial charge in [-0.2, -0.15) is 0 Å². The molecule has 3 aromatic rings. The Morgan fingerprint density at radius 2 is 1.13 bits per heavy atom. The summed E-state index contributed by atoms with van der Waals surface area (Å²) in [5, 5.41) is 0. The minimum atomic E-state index is 0. The Morgan fingerprint density at radius 3 is 1.77 bits per heavy atom. The second-order valence-electron chi connectivity index (χ2n) is 7.45. The van der Waals surface area contributed by atoms with Crippen LogP contribution in [0.2, 0.25) is 0 Å². The third-order valence-corrected chi connectivity index (χ3v) is 5.41. The van der Waals surface area contributed by atoms with E-state index >= 15 is 0 Å². The van der Waals surface area contributed by atoms with Crippen LogP contribution in [0.4, 0.5) is 0 Å². The van der Waals surface area contributed by atoms with E-state index in [0.717, 1.165) is 39.3 Å². The van der Waals surface area contributed by atoms with Crippen molar-refractivity contribution in [2.24, 2.45) is 0 Å². The molecule has 2 nitrogen and oxygen atoms in total. The lowest BCUT2D eigenvalue weighted by atomic mass is 10.0. The van der Waals surface area contributed by atoms with E-state index in [4.69, 9.17) is 0 Å². The molecule has 0 aliphatic carbocycles. The Labute approximate surface area is 193 Å². The lowest BCUT2D eigenvalue weighted by molar-refractivity contribution is 0.137. The fraction of sp³-hybridized carbons (Fsp3) is 0.231. The molecule has 3 aromatic carbocycles. The Morgan fingerprint density at radius 1 is 0.600 bits per heavy atom. The molecule has 1 aliphatic heterocycles. The van der Waals surface area contributed by atoms with Gasteiger partial charge in [-0.1, -0.05) is 97.1 Å². The predicted molar refractivity (Wildman–Crippen MR) is 134 cm³/mol.